The van der Waals surface area contributed by atoms with Crippen LogP contribution in [0.25, 0.3) is 11.4 Å². The van der Waals surface area contributed by atoms with Gasteiger partial charge in [0.1, 0.15) is 18.6 Å². The second-order valence-corrected chi connectivity index (χ2v) is 5.54. The zero-order chi connectivity index (χ0) is 17.8. The number of hydrogen-bond donors (Lipinski definition) is 2. The van der Waals surface area contributed by atoms with Crippen LogP contribution >= 0.6 is 0 Å². The lowest BCUT2D eigenvalue weighted by molar-refractivity contribution is -0.117. The van der Waals surface area contributed by atoms with Crippen LogP contribution in [0.15, 0.2) is 53.6 Å². The molecule has 3 aromatic rings. The molecule has 25 heavy (non-hydrogen) atoms. The first-order chi connectivity index (χ1) is 12.0. The second-order valence-electron chi connectivity index (χ2n) is 5.54. The Hall–Kier alpha value is -3.42. The van der Waals surface area contributed by atoms with Crippen LogP contribution in [0.2, 0.25) is 0 Å². The number of aromatic nitrogens is 3. The summed E-state index contributed by atoms with van der Waals surface area (Å²) >= 11 is 0. The number of carbonyl (C=O) groups is 2. The smallest absolute Gasteiger partial charge is 0.255 e. The maximum absolute atomic E-state index is 12.3. The highest BCUT2D eigenvalue weighted by Crippen LogP contribution is 2.20. The van der Waals surface area contributed by atoms with E-state index in [0.29, 0.717) is 17.1 Å². The number of rotatable bonds is 5. The zero-order valence-corrected chi connectivity index (χ0v) is 13.8. The summed E-state index contributed by atoms with van der Waals surface area (Å²) in [6.07, 6.45) is 4.33. The van der Waals surface area contributed by atoms with Gasteiger partial charge in [0.05, 0.1) is 11.8 Å². The highest BCUT2D eigenvalue weighted by atomic mass is 16.3. The second kappa shape index (κ2) is 7.00. The maximum Gasteiger partial charge on any atom is 0.255 e. The van der Waals surface area contributed by atoms with Crippen molar-refractivity contribution in [1.82, 2.24) is 20.1 Å². The first-order valence-electron chi connectivity index (χ1n) is 7.63. The normalized spacial score (nSPS) is 11.8. The van der Waals surface area contributed by atoms with Gasteiger partial charge in [-0.25, -0.2) is 0 Å². The standard InChI is InChI=1S/C17H17N5O3/c1-11(19-17(24)13-6-7-25-9-13)16(23)20-14-5-3-4-12(8-14)15-21-18-10-22(15)2/h3-11H,1-2H3,(H,19,24)(H,20,23)/t11-/m1/s1. The van der Waals surface area contributed by atoms with E-state index in [2.05, 4.69) is 20.8 Å². The first kappa shape index (κ1) is 16.4. The summed E-state index contributed by atoms with van der Waals surface area (Å²) in [6, 6.07) is 8.08. The number of hydrogen-bond acceptors (Lipinski definition) is 5. The Kier molecular flexibility index (Phi) is 4.60. The number of furan rings is 1. The van der Waals surface area contributed by atoms with Gasteiger partial charge in [0, 0.05) is 18.3 Å². The Balaban J connectivity index is 1.66. The topological polar surface area (TPSA) is 102 Å². The van der Waals surface area contributed by atoms with E-state index in [4.69, 9.17) is 4.42 Å². The predicted octanol–water partition coefficient (Wildman–Crippen LogP) is 1.83. The third kappa shape index (κ3) is 3.74. The minimum atomic E-state index is -0.708. The van der Waals surface area contributed by atoms with Gasteiger partial charge in [-0.1, -0.05) is 12.1 Å². The fourth-order valence-electron chi connectivity index (χ4n) is 2.27. The molecule has 0 aliphatic heterocycles. The van der Waals surface area contributed by atoms with Crippen LogP contribution in [0, 0.1) is 0 Å². The van der Waals surface area contributed by atoms with Crippen molar-refractivity contribution in [1.29, 1.82) is 0 Å². The van der Waals surface area contributed by atoms with Gasteiger partial charge in [0.2, 0.25) is 5.91 Å². The molecule has 0 radical (unpaired) electrons. The molecular weight excluding hydrogens is 322 g/mol. The molecule has 128 valence electrons. The van der Waals surface area contributed by atoms with Crippen LogP contribution in [0.4, 0.5) is 5.69 Å². The number of carbonyl (C=O) groups excluding carboxylic acids is 2. The summed E-state index contributed by atoms with van der Waals surface area (Å²) in [4.78, 5) is 24.3. The third-order valence-electron chi connectivity index (χ3n) is 3.62. The molecule has 8 nitrogen and oxygen atoms in total. The van der Waals surface area contributed by atoms with Gasteiger partial charge in [0.25, 0.3) is 5.91 Å². The molecule has 1 aromatic carbocycles. The molecule has 0 saturated heterocycles. The molecule has 2 amide bonds. The van der Waals surface area contributed by atoms with Gasteiger partial charge in [-0.3, -0.25) is 9.59 Å². The Labute approximate surface area is 143 Å². The molecular formula is C17H17N5O3. The molecule has 2 heterocycles. The van der Waals surface area contributed by atoms with Crippen LogP contribution in [-0.4, -0.2) is 32.6 Å². The molecule has 8 heteroatoms. The Morgan fingerprint density at radius 1 is 1.28 bits per heavy atom. The van der Waals surface area contributed by atoms with E-state index in [1.807, 2.05) is 19.2 Å². The van der Waals surface area contributed by atoms with Crippen molar-refractivity contribution in [2.45, 2.75) is 13.0 Å². The molecule has 0 aliphatic carbocycles. The Morgan fingerprint density at radius 3 is 2.80 bits per heavy atom. The lowest BCUT2D eigenvalue weighted by Gasteiger charge is -2.14. The van der Waals surface area contributed by atoms with Gasteiger partial charge in [0.15, 0.2) is 5.82 Å². The number of nitrogens with zero attached hydrogens (tertiary/aromatic N) is 3. The molecule has 0 saturated carbocycles. The van der Waals surface area contributed by atoms with E-state index in [1.165, 1.54) is 18.6 Å². The molecule has 0 bridgehead atoms. The quantitative estimate of drug-likeness (QED) is 0.738. The van der Waals surface area contributed by atoms with Crippen molar-refractivity contribution in [2.75, 3.05) is 5.32 Å². The molecule has 0 aliphatic rings. The average Bonchev–Trinajstić information content (AvgIpc) is 3.26. The molecule has 0 fully saturated rings. The van der Waals surface area contributed by atoms with Crippen LogP contribution < -0.4 is 10.6 Å². The Morgan fingerprint density at radius 2 is 2.12 bits per heavy atom. The molecule has 0 spiro atoms. The SMILES string of the molecule is C[C@@H](NC(=O)c1ccoc1)C(=O)Nc1cccc(-c2nncn2C)c1. The van der Waals surface area contributed by atoms with Gasteiger partial charge in [-0.15, -0.1) is 10.2 Å². The fraction of sp³-hybridized carbons (Fsp3) is 0.176. The molecule has 1 atom stereocenters. The van der Waals surface area contributed by atoms with Crippen LogP contribution in [-0.2, 0) is 11.8 Å². The highest BCUT2D eigenvalue weighted by molar-refractivity contribution is 6.00. The van der Waals surface area contributed by atoms with Crippen LogP contribution in [0.1, 0.15) is 17.3 Å². The largest absolute Gasteiger partial charge is 0.472 e. The third-order valence-corrected chi connectivity index (χ3v) is 3.62. The van der Waals surface area contributed by atoms with Crippen LogP contribution in [0.3, 0.4) is 0 Å². The number of amides is 2. The van der Waals surface area contributed by atoms with E-state index >= 15 is 0 Å². The highest BCUT2D eigenvalue weighted by Gasteiger charge is 2.17. The Bertz CT molecular complexity index is 885. The van der Waals surface area contributed by atoms with E-state index < -0.39 is 6.04 Å². The molecule has 0 unspecified atom stereocenters. The maximum atomic E-state index is 12.3. The summed E-state index contributed by atoms with van der Waals surface area (Å²) in [5, 5.41) is 13.3. The number of anilines is 1. The van der Waals surface area contributed by atoms with Crippen molar-refractivity contribution in [2.24, 2.45) is 7.05 Å². The number of aryl methyl sites for hydroxylation is 1. The van der Waals surface area contributed by atoms with Gasteiger partial charge in [-0.05, 0) is 25.1 Å². The summed E-state index contributed by atoms with van der Waals surface area (Å²) < 4.78 is 6.64. The van der Waals surface area contributed by atoms with Gasteiger partial charge in [-0.2, -0.15) is 0 Å². The fourth-order valence-corrected chi connectivity index (χ4v) is 2.27. The monoisotopic (exact) mass is 339 g/mol. The molecule has 2 N–H and O–H groups in total. The summed E-state index contributed by atoms with van der Waals surface area (Å²) in [7, 11) is 1.84. The van der Waals surface area contributed by atoms with E-state index in [1.54, 1.807) is 30.0 Å². The van der Waals surface area contributed by atoms with Crippen molar-refractivity contribution in [3.8, 4) is 11.4 Å². The lowest BCUT2D eigenvalue weighted by atomic mass is 10.2. The molecule has 3 rings (SSSR count). The van der Waals surface area contributed by atoms with E-state index in [-0.39, 0.29) is 11.8 Å². The number of benzene rings is 1. The summed E-state index contributed by atoms with van der Waals surface area (Å²) in [5.74, 6) is -0.00592. The number of nitrogens with one attached hydrogen (secondary N) is 2. The van der Waals surface area contributed by atoms with Gasteiger partial charge < -0.3 is 19.6 Å². The van der Waals surface area contributed by atoms with Crippen LogP contribution in [0.5, 0.6) is 0 Å². The summed E-state index contributed by atoms with van der Waals surface area (Å²) in [6.45, 7) is 1.61. The minimum Gasteiger partial charge on any atom is -0.472 e. The predicted molar refractivity (Wildman–Crippen MR) is 90.7 cm³/mol. The first-order valence-corrected chi connectivity index (χ1v) is 7.63. The summed E-state index contributed by atoms with van der Waals surface area (Å²) in [5.41, 5.74) is 1.80. The van der Waals surface area contributed by atoms with E-state index in [0.717, 1.165) is 5.56 Å². The molecule has 2 aromatic heterocycles. The van der Waals surface area contributed by atoms with Crippen molar-refractivity contribution < 1.29 is 14.0 Å². The van der Waals surface area contributed by atoms with Crippen molar-refractivity contribution in [3.63, 3.8) is 0 Å². The van der Waals surface area contributed by atoms with Gasteiger partial charge >= 0.3 is 0 Å². The van der Waals surface area contributed by atoms with E-state index in [9.17, 15) is 9.59 Å². The zero-order valence-electron chi connectivity index (χ0n) is 13.8. The average molecular weight is 339 g/mol. The lowest BCUT2D eigenvalue weighted by Crippen LogP contribution is -2.41. The van der Waals surface area contributed by atoms with Crippen molar-refractivity contribution >= 4 is 17.5 Å². The minimum absolute atomic E-state index is 0.327. The van der Waals surface area contributed by atoms with Crippen molar-refractivity contribution in [3.05, 3.63) is 54.7 Å².